The number of aromatic nitrogens is 1. The van der Waals surface area contributed by atoms with Gasteiger partial charge in [-0.3, -0.25) is 0 Å². The Bertz CT molecular complexity index is 1060. The van der Waals surface area contributed by atoms with E-state index in [0.717, 1.165) is 16.6 Å². The van der Waals surface area contributed by atoms with Crippen LogP contribution in [-0.4, -0.2) is 43.9 Å². The number of methoxy groups -OCH3 is 1. The van der Waals surface area contributed by atoms with Crippen LogP contribution < -0.4 is 4.90 Å². The van der Waals surface area contributed by atoms with Crippen molar-refractivity contribution in [3.63, 3.8) is 0 Å². The third kappa shape index (κ3) is 4.74. The Balaban J connectivity index is 2.37. The summed E-state index contributed by atoms with van der Waals surface area (Å²) in [5, 5.41) is 1.47. The molecule has 0 aliphatic heterocycles. The number of ether oxygens (including phenoxy) is 2. The zero-order valence-corrected chi connectivity index (χ0v) is 18.8. The third-order valence-electron chi connectivity index (χ3n) is 4.61. The SMILES string of the molecule is COCCN(C)c1c(-c2ccccc2Cl)c(C(=O)OC(C)(C)C)nc2ccccc12. The molecule has 0 N–H and O–H groups in total. The fraction of sp³-hybridized carbons (Fsp3) is 0.333. The van der Waals surface area contributed by atoms with E-state index in [1.807, 2.05) is 76.3 Å². The lowest BCUT2D eigenvalue weighted by Gasteiger charge is -2.27. The number of pyridine rings is 1. The van der Waals surface area contributed by atoms with Crippen LogP contribution in [0.5, 0.6) is 0 Å². The number of carbonyl (C=O) groups excluding carboxylic acids is 1. The van der Waals surface area contributed by atoms with Crippen LogP contribution in [0.2, 0.25) is 5.02 Å². The lowest BCUT2D eigenvalue weighted by Crippen LogP contribution is -2.27. The first-order valence-corrected chi connectivity index (χ1v) is 10.2. The van der Waals surface area contributed by atoms with Crippen molar-refractivity contribution in [2.75, 3.05) is 32.2 Å². The maximum Gasteiger partial charge on any atom is 0.358 e. The first-order chi connectivity index (χ1) is 14.2. The minimum absolute atomic E-state index is 0.246. The monoisotopic (exact) mass is 426 g/mol. The number of para-hydroxylation sites is 1. The molecule has 2 aromatic carbocycles. The molecule has 0 aliphatic rings. The van der Waals surface area contributed by atoms with E-state index in [1.165, 1.54) is 0 Å². The minimum Gasteiger partial charge on any atom is -0.455 e. The van der Waals surface area contributed by atoms with E-state index >= 15 is 0 Å². The van der Waals surface area contributed by atoms with E-state index in [0.29, 0.717) is 29.3 Å². The normalized spacial score (nSPS) is 11.5. The average molecular weight is 427 g/mol. The lowest BCUT2D eigenvalue weighted by molar-refractivity contribution is 0.00643. The van der Waals surface area contributed by atoms with Crippen LogP contribution in [-0.2, 0) is 9.47 Å². The summed E-state index contributed by atoms with van der Waals surface area (Å²) >= 11 is 6.58. The first kappa shape index (κ1) is 22.1. The molecule has 0 spiro atoms. The van der Waals surface area contributed by atoms with Gasteiger partial charge in [0.15, 0.2) is 5.69 Å². The van der Waals surface area contributed by atoms with Crippen molar-refractivity contribution in [2.24, 2.45) is 0 Å². The Labute approximate surface area is 182 Å². The van der Waals surface area contributed by atoms with E-state index in [2.05, 4.69) is 4.90 Å². The van der Waals surface area contributed by atoms with Gasteiger partial charge in [-0.15, -0.1) is 0 Å². The topological polar surface area (TPSA) is 51.7 Å². The van der Waals surface area contributed by atoms with E-state index < -0.39 is 11.6 Å². The molecule has 1 aromatic heterocycles. The number of carbonyl (C=O) groups is 1. The van der Waals surface area contributed by atoms with E-state index in [9.17, 15) is 4.79 Å². The van der Waals surface area contributed by atoms with Gasteiger partial charge in [-0.25, -0.2) is 9.78 Å². The van der Waals surface area contributed by atoms with Crippen LogP contribution in [0.15, 0.2) is 48.5 Å². The molecule has 0 radical (unpaired) electrons. The molecule has 0 unspecified atom stereocenters. The highest BCUT2D eigenvalue weighted by Gasteiger charge is 2.28. The predicted molar refractivity (Wildman–Crippen MR) is 123 cm³/mol. The second-order valence-electron chi connectivity index (χ2n) is 8.10. The summed E-state index contributed by atoms with van der Waals surface area (Å²) in [6, 6.07) is 15.2. The smallest absolute Gasteiger partial charge is 0.358 e. The van der Waals surface area contributed by atoms with E-state index in [4.69, 9.17) is 26.1 Å². The molecule has 3 rings (SSSR count). The van der Waals surface area contributed by atoms with Crippen LogP contribution in [0, 0.1) is 0 Å². The number of rotatable bonds is 6. The molecule has 158 valence electrons. The zero-order valence-electron chi connectivity index (χ0n) is 18.0. The summed E-state index contributed by atoms with van der Waals surface area (Å²) < 4.78 is 11.0. The molecule has 0 bridgehead atoms. The van der Waals surface area contributed by atoms with Crippen molar-refractivity contribution in [2.45, 2.75) is 26.4 Å². The third-order valence-corrected chi connectivity index (χ3v) is 4.94. The summed E-state index contributed by atoms with van der Waals surface area (Å²) in [5.41, 5.74) is 2.57. The molecule has 3 aromatic rings. The van der Waals surface area contributed by atoms with Gasteiger partial charge in [-0.2, -0.15) is 0 Å². The largest absolute Gasteiger partial charge is 0.455 e. The van der Waals surface area contributed by atoms with Crippen LogP contribution in [0.3, 0.4) is 0 Å². The van der Waals surface area contributed by atoms with Crippen LogP contribution in [0.25, 0.3) is 22.0 Å². The molecule has 0 aliphatic carbocycles. The van der Waals surface area contributed by atoms with Gasteiger partial charge in [0.1, 0.15) is 5.60 Å². The number of halogens is 1. The van der Waals surface area contributed by atoms with Gasteiger partial charge >= 0.3 is 5.97 Å². The number of likely N-dealkylation sites (N-methyl/N-ethyl adjacent to an activating group) is 1. The van der Waals surface area contributed by atoms with Crippen molar-refractivity contribution in [3.8, 4) is 11.1 Å². The fourth-order valence-electron chi connectivity index (χ4n) is 3.32. The van der Waals surface area contributed by atoms with Crippen LogP contribution in [0.1, 0.15) is 31.3 Å². The Morgan fingerprint density at radius 1 is 1.10 bits per heavy atom. The van der Waals surface area contributed by atoms with Crippen molar-refractivity contribution in [1.82, 2.24) is 4.98 Å². The lowest BCUT2D eigenvalue weighted by atomic mass is 9.97. The number of esters is 1. The van der Waals surface area contributed by atoms with Crippen molar-refractivity contribution >= 4 is 34.2 Å². The molecule has 1 heterocycles. The summed E-state index contributed by atoms with van der Waals surface area (Å²) in [6.07, 6.45) is 0. The second kappa shape index (κ2) is 9.02. The highest BCUT2D eigenvalue weighted by Crippen LogP contribution is 2.41. The number of nitrogens with zero attached hydrogens (tertiary/aromatic N) is 2. The number of anilines is 1. The van der Waals surface area contributed by atoms with Crippen LogP contribution in [0.4, 0.5) is 5.69 Å². The standard InChI is InChI=1S/C24H27ClN2O3/c1-24(2,3)30-23(28)21-20(16-10-6-8-12-18(16)25)22(27(4)14-15-29-5)17-11-7-9-13-19(17)26-21/h6-13H,14-15H2,1-5H3. The summed E-state index contributed by atoms with van der Waals surface area (Å²) in [6.45, 7) is 6.69. The maximum atomic E-state index is 13.2. The molecule has 0 amide bonds. The maximum absolute atomic E-state index is 13.2. The number of hydrogen-bond donors (Lipinski definition) is 0. The summed E-state index contributed by atoms with van der Waals surface area (Å²) in [4.78, 5) is 20.0. The quantitative estimate of drug-likeness (QED) is 0.480. The molecule has 0 saturated carbocycles. The predicted octanol–water partition coefficient (Wildman–Crippen LogP) is 5.59. The number of benzene rings is 2. The average Bonchev–Trinajstić information content (AvgIpc) is 2.69. The van der Waals surface area contributed by atoms with Gasteiger partial charge in [0, 0.05) is 42.2 Å². The van der Waals surface area contributed by atoms with E-state index in [-0.39, 0.29) is 5.69 Å². The van der Waals surface area contributed by atoms with Gasteiger partial charge in [0.2, 0.25) is 0 Å². The fourth-order valence-corrected chi connectivity index (χ4v) is 3.55. The van der Waals surface area contributed by atoms with Crippen molar-refractivity contribution in [1.29, 1.82) is 0 Å². The Hall–Kier alpha value is -2.63. The first-order valence-electron chi connectivity index (χ1n) is 9.84. The molecule has 0 fully saturated rings. The van der Waals surface area contributed by atoms with Gasteiger partial charge in [-0.1, -0.05) is 48.0 Å². The van der Waals surface area contributed by atoms with Crippen molar-refractivity contribution in [3.05, 3.63) is 59.2 Å². The Morgan fingerprint density at radius 2 is 1.77 bits per heavy atom. The van der Waals surface area contributed by atoms with Gasteiger partial charge in [-0.05, 0) is 32.9 Å². The highest BCUT2D eigenvalue weighted by atomic mass is 35.5. The minimum atomic E-state index is -0.649. The molecule has 0 saturated heterocycles. The van der Waals surface area contributed by atoms with E-state index in [1.54, 1.807) is 7.11 Å². The van der Waals surface area contributed by atoms with Crippen molar-refractivity contribution < 1.29 is 14.3 Å². The van der Waals surface area contributed by atoms with Gasteiger partial charge in [0.05, 0.1) is 17.8 Å². The zero-order chi connectivity index (χ0) is 21.9. The summed E-state index contributed by atoms with van der Waals surface area (Å²) in [5.74, 6) is -0.482. The Kier molecular flexibility index (Phi) is 6.64. The molecule has 5 nitrogen and oxygen atoms in total. The number of fused-ring (bicyclic) bond motifs is 1. The molecule has 0 atom stereocenters. The molecule has 6 heteroatoms. The second-order valence-corrected chi connectivity index (χ2v) is 8.50. The van der Waals surface area contributed by atoms with Crippen LogP contribution >= 0.6 is 11.6 Å². The van der Waals surface area contributed by atoms with Gasteiger partial charge in [0.25, 0.3) is 0 Å². The Morgan fingerprint density at radius 3 is 2.43 bits per heavy atom. The molecular weight excluding hydrogens is 400 g/mol. The molecule has 30 heavy (non-hydrogen) atoms. The molecular formula is C24H27ClN2O3. The number of hydrogen-bond acceptors (Lipinski definition) is 5. The van der Waals surface area contributed by atoms with Gasteiger partial charge < -0.3 is 14.4 Å². The summed E-state index contributed by atoms with van der Waals surface area (Å²) in [7, 11) is 3.64. The highest BCUT2D eigenvalue weighted by molar-refractivity contribution is 6.34.